The number of rotatable bonds is 1. The van der Waals surface area contributed by atoms with Crippen LogP contribution < -0.4 is 5.73 Å². The third kappa shape index (κ3) is 1.42. The minimum Gasteiger partial charge on any atom is -0.385 e. The van der Waals surface area contributed by atoms with Crippen LogP contribution in [0.5, 0.6) is 0 Å². The molecule has 1 heterocycles. The van der Waals surface area contributed by atoms with E-state index in [2.05, 4.69) is 6.07 Å². The summed E-state index contributed by atoms with van der Waals surface area (Å²) in [4.78, 5) is 0. The molecule has 0 spiro atoms. The molecule has 1 unspecified atom stereocenters. The van der Waals surface area contributed by atoms with E-state index in [1.807, 2.05) is 18.2 Å². The Morgan fingerprint density at radius 1 is 1.46 bits per heavy atom. The van der Waals surface area contributed by atoms with Gasteiger partial charge in [-0.05, 0) is 17.5 Å². The molecule has 0 radical (unpaired) electrons. The van der Waals surface area contributed by atoms with Crippen LogP contribution in [-0.4, -0.2) is 12.4 Å². The summed E-state index contributed by atoms with van der Waals surface area (Å²) in [5.74, 6) is 0.0900. The van der Waals surface area contributed by atoms with Crippen molar-refractivity contribution in [3.05, 3.63) is 35.4 Å². The molecule has 0 bridgehead atoms. The van der Waals surface area contributed by atoms with Gasteiger partial charge in [0.15, 0.2) is 0 Å². The van der Waals surface area contributed by atoms with Crippen molar-refractivity contribution in [3.63, 3.8) is 0 Å². The predicted octanol–water partition coefficient (Wildman–Crippen LogP) is 1.24. The van der Waals surface area contributed by atoms with E-state index in [4.69, 9.17) is 15.9 Å². The molecule has 0 saturated carbocycles. The molecule has 1 atom stereocenters. The zero-order valence-corrected chi connectivity index (χ0v) is 7.29. The first kappa shape index (κ1) is 8.26. The fourth-order valence-corrected chi connectivity index (χ4v) is 1.65. The zero-order valence-electron chi connectivity index (χ0n) is 7.29. The van der Waals surface area contributed by atoms with E-state index in [0.29, 0.717) is 6.61 Å². The van der Waals surface area contributed by atoms with Crippen molar-refractivity contribution in [1.29, 1.82) is 5.41 Å². The van der Waals surface area contributed by atoms with Gasteiger partial charge in [0.1, 0.15) is 11.9 Å². The van der Waals surface area contributed by atoms with Crippen LogP contribution in [0, 0.1) is 5.41 Å². The van der Waals surface area contributed by atoms with Crippen LogP contribution in [0.3, 0.4) is 0 Å². The second-order valence-electron chi connectivity index (χ2n) is 3.15. The van der Waals surface area contributed by atoms with Crippen molar-refractivity contribution in [2.45, 2.75) is 12.5 Å². The molecule has 13 heavy (non-hydrogen) atoms. The van der Waals surface area contributed by atoms with Crippen molar-refractivity contribution in [2.75, 3.05) is 6.61 Å². The van der Waals surface area contributed by atoms with Crippen molar-refractivity contribution < 1.29 is 4.74 Å². The summed E-state index contributed by atoms with van der Waals surface area (Å²) in [7, 11) is 0. The molecule has 3 heteroatoms. The molecule has 0 amide bonds. The first-order chi connectivity index (χ1) is 6.29. The number of amidine groups is 1. The van der Waals surface area contributed by atoms with E-state index in [1.54, 1.807) is 0 Å². The van der Waals surface area contributed by atoms with Crippen LogP contribution in [0.15, 0.2) is 24.3 Å². The summed E-state index contributed by atoms with van der Waals surface area (Å²) in [5.41, 5.74) is 7.73. The van der Waals surface area contributed by atoms with Gasteiger partial charge in [0.2, 0.25) is 0 Å². The molecular weight excluding hydrogens is 164 g/mol. The standard InChI is InChI=1S/C10H12N2O/c11-10(12)9-8-4-2-1-3-7(8)5-6-13-9/h1-4,9H,5-6H2,(H3,11,12). The molecule has 3 N–H and O–H groups in total. The van der Waals surface area contributed by atoms with Crippen LogP contribution >= 0.6 is 0 Å². The van der Waals surface area contributed by atoms with E-state index in [9.17, 15) is 0 Å². The average Bonchev–Trinajstić information content (AvgIpc) is 2.17. The number of hydrogen-bond donors (Lipinski definition) is 2. The summed E-state index contributed by atoms with van der Waals surface area (Å²) in [5, 5.41) is 7.37. The Kier molecular flexibility index (Phi) is 2.02. The van der Waals surface area contributed by atoms with E-state index in [1.165, 1.54) is 5.56 Å². The Morgan fingerprint density at radius 2 is 2.23 bits per heavy atom. The fourth-order valence-electron chi connectivity index (χ4n) is 1.65. The third-order valence-electron chi connectivity index (χ3n) is 2.28. The SMILES string of the molecule is N=C(N)C1OCCc2ccccc21. The molecular formula is C10H12N2O. The lowest BCUT2D eigenvalue weighted by atomic mass is 9.97. The molecule has 3 nitrogen and oxygen atoms in total. The Morgan fingerprint density at radius 3 is 3.00 bits per heavy atom. The molecule has 1 aliphatic heterocycles. The highest BCUT2D eigenvalue weighted by atomic mass is 16.5. The van der Waals surface area contributed by atoms with Crippen LogP contribution in [0.2, 0.25) is 0 Å². The van der Waals surface area contributed by atoms with E-state index in [0.717, 1.165) is 12.0 Å². The Bertz CT molecular complexity index is 335. The summed E-state index contributed by atoms with van der Waals surface area (Å²) in [6, 6.07) is 7.99. The molecule has 1 aromatic carbocycles. The van der Waals surface area contributed by atoms with E-state index >= 15 is 0 Å². The van der Waals surface area contributed by atoms with Gasteiger partial charge in [-0.3, -0.25) is 5.41 Å². The predicted molar refractivity (Wildman–Crippen MR) is 50.8 cm³/mol. The van der Waals surface area contributed by atoms with E-state index < -0.39 is 0 Å². The minimum absolute atomic E-state index is 0.0900. The average molecular weight is 176 g/mol. The lowest BCUT2D eigenvalue weighted by molar-refractivity contribution is 0.0864. The van der Waals surface area contributed by atoms with Gasteiger partial charge in [0.05, 0.1) is 6.61 Å². The molecule has 0 saturated heterocycles. The Labute approximate surface area is 77.0 Å². The van der Waals surface area contributed by atoms with Crippen molar-refractivity contribution in [3.8, 4) is 0 Å². The first-order valence-corrected chi connectivity index (χ1v) is 4.32. The largest absolute Gasteiger partial charge is 0.385 e. The number of nitrogens with one attached hydrogen (secondary N) is 1. The van der Waals surface area contributed by atoms with Crippen molar-refractivity contribution >= 4 is 5.84 Å². The Balaban J connectivity index is 2.42. The van der Waals surface area contributed by atoms with Gasteiger partial charge in [0, 0.05) is 0 Å². The molecule has 0 fully saturated rings. The Hall–Kier alpha value is -1.35. The van der Waals surface area contributed by atoms with Gasteiger partial charge < -0.3 is 10.5 Å². The highest BCUT2D eigenvalue weighted by Crippen LogP contribution is 2.26. The van der Waals surface area contributed by atoms with Gasteiger partial charge in [-0.1, -0.05) is 24.3 Å². The monoisotopic (exact) mass is 176 g/mol. The molecule has 0 aromatic heterocycles. The summed E-state index contributed by atoms with van der Waals surface area (Å²) in [6.45, 7) is 0.654. The first-order valence-electron chi connectivity index (χ1n) is 4.32. The van der Waals surface area contributed by atoms with Crippen molar-refractivity contribution in [1.82, 2.24) is 0 Å². The second-order valence-corrected chi connectivity index (χ2v) is 3.15. The van der Waals surface area contributed by atoms with Crippen LogP contribution in [0.4, 0.5) is 0 Å². The summed E-state index contributed by atoms with van der Waals surface area (Å²) >= 11 is 0. The van der Waals surface area contributed by atoms with Gasteiger partial charge in [-0.2, -0.15) is 0 Å². The molecule has 1 aromatic rings. The van der Waals surface area contributed by atoms with Crippen LogP contribution in [-0.2, 0) is 11.2 Å². The van der Waals surface area contributed by atoms with Crippen LogP contribution in [0.1, 0.15) is 17.2 Å². The summed E-state index contributed by atoms with van der Waals surface area (Å²) < 4.78 is 5.42. The third-order valence-corrected chi connectivity index (χ3v) is 2.28. The lowest BCUT2D eigenvalue weighted by Gasteiger charge is -2.24. The molecule has 1 aliphatic rings. The molecule has 2 rings (SSSR count). The van der Waals surface area contributed by atoms with Gasteiger partial charge in [0.25, 0.3) is 0 Å². The van der Waals surface area contributed by atoms with Crippen molar-refractivity contribution in [2.24, 2.45) is 5.73 Å². The smallest absolute Gasteiger partial charge is 0.139 e. The van der Waals surface area contributed by atoms with E-state index in [-0.39, 0.29) is 11.9 Å². The van der Waals surface area contributed by atoms with Gasteiger partial charge in [-0.15, -0.1) is 0 Å². The topological polar surface area (TPSA) is 59.1 Å². The quantitative estimate of drug-likeness (QED) is 0.499. The van der Waals surface area contributed by atoms with Gasteiger partial charge in [-0.25, -0.2) is 0 Å². The number of fused-ring (bicyclic) bond motifs is 1. The maximum atomic E-state index is 7.37. The minimum atomic E-state index is -0.329. The molecule has 68 valence electrons. The maximum absolute atomic E-state index is 7.37. The number of hydrogen-bond acceptors (Lipinski definition) is 2. The highest BCUT2D eigenvalue weighted by Gasteiger charge is 2.22. The number of nitrogens with two attached hydrogens (primary N) is 1. The normalized spacial score (nSPS) is 20.8. The molecule has 0 aliphatic carbocycles. The fraction of sp³-hybridized carbons (Fsp3) is 0.300. The number of ether oxygens (including phenoxy) is 1. The van der Waals surface area contributed by atoms with Gasteiger partial charge >= 0.3 is 0 Å². The zero-order chi connectivity index (χ0) is 9.26. The maximum Gasteiger partial charge on any atom is 0.139 e. The van der Waals surface area contributed by atoms with Crippen LogP contribution in [0.25, 0.3) is 0 Å². The number of benzene rings is 1. The lowest BCUT2D eigenvalue weighted by Crippen LogP contribution is -2.28. The summed E-state index contributed by atoms with van der Waals surface area (Å²) in [6.07, 6.45) is 0.588. The highest BCUT2D eigenvalue weighted by molar-refractivity contribution is 5.83. The second kappa shape index (κ2) is 3.18.